The summed E-state index contributed by atoms with van der Waals surface area (Å²) in [6, 6.07) is 8.58. The van der Waals surface area contributed by atoms with Crippen LogP contribution in [0.2, 0.25) is 0 Å². The van der Waals surface area contributed by atoms with Gasteiger partial charge in [-0.3, -0.25) is 4.90 Å². The molecule has 2 unspecified atom stereocenters. The SMILES string of the molecule is CCC1CN(CC(F)(F)c2ccccc2)C(C)CN1. The van der Waals surface area contributed by atoms with E-state index in [1.54, 1.807) is 18.2 Å². The van der Waals surface area contributed by atoms with Crippen LogP contribution in [-0.2, 0) is 5.92 Å². The fraction of sp³-hybridized carbons (Fsp3) is 0.600. The summed E-state index contributed by atoms with van der Waals surface area (Å²) in [4.78, 5) is 1.90. The molecule has 1 aliphatic rings. The lowest BCUT2D eigenvalue weighted by Gasteiger charge is -2.40. The van der Waals surface area contributed by atoms with E-state index >= 15 is 0 Å². The molecule has 0 bridgehead atoms. The van der Waals surface area contributed by atoms with Crippen LogP contribution < -0.4 is 5.32 Å². The van der Waals surface area contributed by atoms with Gasteiger partial charge in [0.05, 0.1) is 6.54 Å². The summed E-state index contributed by atoms with van der Waals surface area (Å²) in [5.74, 6) is -2.79. The van der Waals surface area contributed by atoms with Crippen LogP contribution in [-0.4, -0.2) is 36.6 Å². The lowest BCUT2D eigenvalue weighted by atomic mass is 10.0. The maximum absolute atomic E-state index is 14.3. The van der Waals surface area contributed by atoms with Gasteiger partial charge in [-0.15, -0.1) is 0 Å². The van der Waals surface area contributed by atoms with E-state index in [4.69, 9.17) is 0 Å². The zero-order chi connectivity index (χ0) is 13.9. The van der Waals surface area contributed by atoms with Crippen LogP contribution in [0.3, 0.4) is 0 Å². The van der Waals surface area contributed by atoms with E-state index in [9.17, 15) is 8.78 Å². The maximum atomic E-state index is 14.3. The Hall–Kier alpha value is -1.00. The Labute approximate surface area is 113 Å². The summed E-state index contributed by atoms with van der Waals surface area (Å²) in [5, 5.41) is 3.39. The lowest BCUT2D eigenvalue weighted by Crippen LogP contribution is -2.57. The summed E-state index contributed by atoms with van der Waals surface area (Å²) in [6.45, 7) is 5.36. The first-order chi connectivity index (χ1) is 9.03. The second-order valence-electron chi connectivity index (χ2n) is 5.36. The van der Waals surface area contributed by atoms with Gasteiger partial charge in [0.15, 0.2) is 0 Å². The first-order valence-electron chi connectivity index (χ1n) is 6.93. The van der Waals surface area contributed by atoms with E-state index in [-0.39, 0.29) is 18.2 Å². The number of nitrogens with zero attached hydrogens (tertiary/aromatic N) is 1. The largest absolute Gasteiger partial charge is 0.311 e. The van der Waals surface area contributed by atoms with Gasteiger partial charge in [0.2, 0.25) is 0 Å². The smallest absolute Gasteiger partial charge is 0.285 e. The second-order valence-corrected chi connectivity index (χ2v) is 5.36. The Balaban J connectivity index is 2.06. The highest BCUT2D eigenvalue weighted by atomic mass is 19.3. The van der Waals surface area contributed by atoms with Crippen molar-refractivity contribution in [3.05, 3.63) is 35.9 Å². The minimum absolute atomic E-state index is 0.105. The number of halogens is 2. The molecule has 1 heterocycles. The Morgan fingerprint density at radius 3 is 2.63 bits per heavy atom. The van der Waals surface area contributed by atoms with Gasteiger partial charge in [0, 0.05) is 30.7 Å². The van der Waals surface area contributed by atoms with Crippen LogP contribution in [0.4, 0.5) is 8.78 Å². The molecule has 1 N–H and O–H groups in total. The topological polar surface area (TPSA) is 15.3 Å². The maximum Gasteiger partial charge on any atom is 0.285 e. The van der Waals surface area contributed by atoms with Crippen molar-refractivity contribution >= 4 is 0 Å². The Kier molecular flexibility index (Phi) is 4.53. The van der Waals surface area contributed by atoms with Gasteiger partial charge in [-0.1, -0.05) is 37.3 Å². The van der Waals surface area contributed by atoms with E-state index in [1.165, 1.54) is 12.1 Å². The molecule has 0 aliphatic carbocycles. The summed E-state index contributed by atoms with van der Waals surface area (Å²) in [7, 11) is 0. The molecule has 2 nitrogen and oxygen atoms in total. The van der Waals surface area contributed by atoms with Crippen molar-refractivity contribution in [2.45, 2.75) is 38.3 Å². The average Bonchev–Trinajstić information content (AvgIpc) is 2.42. The van der Waals surface area contributed by atoms with E-state index in [0.29, 0.717) is 12.6 Å². The highest BCUT2D eigenvalue weighted by Gasteiger charge is 2.37. The summed E-state index contributed by atoms with van der Waals surface area (Å²) >= 11 is 0. The number of alkyl halides is 2. The second kappa shape index (κ2) is 5.97. The van der Waals surface area contributed by atoms with Gasteiger partial charge in [0.1, 0.15) is 0 Å². The molecule has 0 aromatic heterocycles. The molecule has 0 saturated carbocycles. The van der Waals surface area contributed by atoms with Crippen LogP contribution in [0, 0.1) is 0 Å². The molecule has 1 aromatic rings. The molecule has 4 heteroatoms. The van der Waals surface area contributed by atoms with E-state index in [0.717, 1.165) is 13.0 Å². The molecule has 106 valence electrons. The zero-order valence-corrected chi connectivity index (χ0v) is 11.6. The summed E-state index contributed by atoms with van der Waals surface area (Å²) in [5.41, 5.74) is 0.105. The van der Waals surface area contributed by atoms with Crippen LogP contribution in [0.25, 0.3) is 0 Å². The normalized spacial score (nSPS) is 25.5. The first-order valence-corrected chi connectivity index (χ1v) is 6.93. The lowest BCUT2D eigenvalue weighted by molar-refractivity contribution is -0.0542. The van der Waals surface area contributed by atoms with Crippen molar-refractivity contribution in [2.75, 3.05) is 19.6 Å². The molecule has 2 atom stereocenters. The van der Waals surface area contributed by atoms with Gasteiger partial charge in [0.25, 0.3) is 5.92 Å². The van der Waals surface area contributed by atoms with Crippen LogP contribution >= 0.6 is 0 Å². The van der Waals surface area contributed by atoms with E-state index < -0.39 is 5.92 Å². The van der Waals surface area contributed by atoms with Crippen molar-refractivity contribution < 1.29 is 8.78 Å². The van der Waals surface area contributed by atoms with Crippen molar-refractivity contribution in [2.24, 2.45) is 0 Å². The van der Waals surface area contributed by atoms with Crippen molar-refractivity contribution in [1.29, 1.82) is 0 Å². The quantitative estimate of drug-likeness (QED) is 0.903. The summed E-state index contributed by atoms with van der Waals surface area (Å²) < 4.78 is 28.6. The standard InChI is InChI=1S/C15H22F2N2/c1-3-14-10-19(12(2)9-18-14)11-15(16,17)13-7-5-4-6-8-13/h4-8,12,14,18H,3,9-11H2,1-2H3. The van der Waals surface area contributed by atoms with Crippen LogP contribution in [0.5, 0.6) is 0 Å². The number of piperazine rings is 1. The molecule has 0 amide bonds. The highest BCUT2D eigenvalue weighted by molar-refractivity contribution is 5.20. The minimum atomic E-state index is -2.79. The molecule has 1 aromatic carbocycles. The fourth-order valence-electron chi connectivity index (χ4n) is 2.52. The predicted molar refractivity (Wildman–Crippen MR) is 73.5 cm³/mol. The van der Waals surface area contributed by atoms with Crippen LogP contribution in [0.1, 0.15) is 25.8 Å². The fourth-order valence-corrected chi connectivity index (χ4v) is 2.52. The van der Waals surface area contributed by atoms with Crippen molar-refractivity contribution in [3.63, 3.8) is 0 Å². The third-order valence-corrected chi connectivity index (χ3v) is 3.87. The van der Waals surface area contributed by atoms with Gasteiger partial charge < -0.3 is 5.32 Å². The summed E-state index contributed by atoms with van der Waals surface area (Å²) in [6.07, 6.45) is 0.972. The molecule has 1 fully saturated rings. The Morgan fingerprint density at radius 2 is 2.00 bits per heavy atom. The monoisotopic (exact) mass is 268 g/mol. The Morgan fingerprint density at radius 1 is 1.32 bits per heavy atom. The van der Waals surface area contributed by atoms with Gasteiger partial charge in [-0.25, -0.2) is 0 Å². The number of hydrogen-bond acceptors (Lipinski definition) is 2. The third kappa shape index (κ3) is 3.51. The molecule has 1 aliphatic heterocycles. The first kappa shape index (κ1) is 14.4. The average molecular weight is 268 g/mol. The Bertz CT molecular complexity index is 394. The van der Waals surface area contributed by atoms with E-state index in [1.807, 2.05) is 11.8 Å². The molecule has 0 radical (unpaired) electrons. The minimum Gasteiger partial charge on any atom is -0.311 e. The molecule has 0 spiro atoms. The molecular weight excluding hydrogens is 246 g/mol. The number of rotatable bonds is 4. The molecule has 19 heavy (non-hydrogen) atoms. The highest BCUT2D eigenvalue weighted by Crippen LogP contribution is 2.30. The third-order valence-electron chi connectivity index (χ3n) is 3.87. The molecule has 2 rings (SSSR count). The predicted octanol–water partition coefficient (Wildman–Crippen LogP) is 2.85. The number of nitrogens with one attached hydrogen (secondary N) is 1. The molecule has 1 saturated heterocycles. The van der Waals surface area contributed by atoms with E-state index in [2.05, 4.69) is 12.2 Å². The van der Waals surface area contributed by atoms with Gasteiger partial charge in [-0.2, -0.15) is 8.78 Å². The van der Waals surface area contributed by atoms with Crippen molar-refractivity contribution in [1.82, 2.24) is 10.2 Å². The zero-order valence-electron chi connectivity index (χ0n) is 11.6. The molecular formula is C15H22F2N2. The van der Waals surface area contributed by atoms with Crippen LogP contribution in [0.15, 0.2) is 30.3 Å². The van der Waals surface area contributed by atoms with Gasteiger partial charge in [-0.05, 0) is 13.3 Å². The number of benzene rings is 1. The van der Waals surface area contributed by atoms with Gasteiger partial charge >= 0.3 is 0 Å². The number of hydrogen-bond donors (Lipinski definition) is 1. The van der Waals surface area contributed by atoms with Crippen molar-refractivity contribution in [3.8, 4) is 0 Å².